The second-order valence-electron chi connectivity index (χ2n) is 7.44. The molecule has 1 aromatic carbocycles. The van der Waals surface area contributed by atoms with E-state index < -0.39 is 5.97 Å². The number of aryl methyl sites for hydroxylation is 1. The van der Waals surface area contributed by atoms with E-state index in [2.05, 4.69) is 5.10 Å². The fourth-order valence-electron chi connectivity index (χ4n) is 3.58. The normalized spacial score (nSPS) is 19.3. The van der Waals surface area contributed by atoms with Gasteiger partial charge in [-0.3, -0.25) is 4.79 Å². The molecule has 3 heterocycles. The summed E-state index contributed by atoms with van der Waals surface area (Å²) in [6.45, 7) is 6.45. The Hall–Kier alpha value is -2.42. The first-order valence-electron chi connectivity index (χ1n) is 9.67. The predicted molar refractivity (Wildman–Crippen MR) is 116 cm³/mol. The molecule has 1 saturated heterocycles. The number of benzene rings is 1. The minimum Gasteiger partial charge on any atom is -0.451 e. The van der Waals surface area contributed by atoms with Crippen molar-refractivity contribution in [3.05, 3.63) is 45.9 Å². The Bertz CT molecular complexity index is 1080. The fraction of sp³-hybridized carbons (Fsp3) is 0.381. The van der Waals surface area contributed by atoms with Crippen molar-refractivity contribution in [1.82, 2.24) is 14.7 Å². The molecule has 1 aliphatic rings. The zero-order valence-electron chi connectivity index (χ0n) is 16.9. The Morgan fingerprint density at radius 3 is 2.57 bits per heavy atom. The number of aromatic nitrogens is 2. The molecule has 0 bridgehead atoms. The standard InChI is InChI=1S/C21H22ClN3O4S/c1-12-9-24(10-13(2)29-12)19(26)11-28-21(27)18-8-17-14(3)23-25(20(17)30-18)16-6-4-15(22)5-7-16/h4-8,12-13H,9-11H2,1-3H3. The highest BCUT2D eigenvalue weighted by molar-refractivity contribution is 7.20. The molecule has 2 aromatic heterocycles. The van der Waals surface area contributed by atoms with E-state index in [0.717, 1.165) is 21.6 Å². The topological polar surface area (TPSA) is 73.7 Å². The average Bonchev–Trinajstić information content (AvgIpc) is 3.26. The van der Waals surface area contributed by atoms with Gasteiger partial charge in [0.25, 0.3) is 5.91 Å². The van der Waals surface area contributed by atoms with E-state index in [-0.39, 0.29) is 24.7 Å². The third-order valence-electron chi connectivity index (χ3n) is 4.92. The number of ether oxygens (including phenoxy) is 2. The van der Waals surface area contributed by atoms with Gasteiger partial charge in [-0.25, -0.2) is 9.48 Å². The first-order valence-corrected chi connectivity index (χ1v) is 10.9. The SMILES string of the molecule is Cc1nn(-c2ccc(Cl)cc2)c2sc(C(=O)OCC(=O)N3CC(C)OC(C)C3)cc12. The maximum atomic E-state index is 12.6. The largest absolute Gasteiger partial charge is 0.451 e. The number of carbonyl (C=O) groups excluding carboxylic acids is 2. The van der Waals surface area contributed by atoms with Crippen molar-refractivity contribution in [2.45, 2.75) is 33.0 Å². The number of thiophene rings is 1. The van der Waals surface area contributed by atoms with E-state index in [1.807, 2.05) is 32.9 Å². The van der Waals surface area contributed by atoms with Crippen molar-refractivity contribution in [2.24, 2.45) is 0 Å². The summed E-state index contributed by atoms with van der Waals surface area (Å²) < 4.78 is 12.7. The van der Waals surface area contributed by atoms with Gasteiger partial charge >= 0.3 is 5.97 Å². The predicted octanol–water partition coefficient (Wildman–Crippen LogP) is 3.84. The molecule has 158 valence electrons. The maximum Gasteiger partial charge on any atom is 0.348 e. The maximum absolute atomic E-state index is 12.6. The Labute approximate surface area is 183 Å². The molecule has 2 unspecified atom stereocenters. The molecule has 9 heteroatoms. The molecule has 30 heavy (non-hydrogen) atoms. The second kappa shape index (κ2) is 8.37. The van der Waals surface area contributed by atoms with Crippen LogP contribution in [0, 0.1) is 6.92 Å². The zero-order chi connectivity index (χ0) is 21.4. The van der Waals surface area contributed by atoms with E-state index in [1.165, 1.54) is 11.3 Å². The highest BCUT2D eigenvalue weighted by Crippen LogP contribution is 2.31. The molecule has 0 radical (unpaired) electrons. The van der Waals surface area contributed by atoms with Gasteiger partial charge in [-0.05, 0) is 51.1 Å². The van der Waals surface area contributed by atoms with Crippen molar-refractivity contribution in [3.8, 4) is 5.69 Å². The van der Waals surface area contributed by atoms with Crippen LogP contribution >= 0.6 is 22.9 Å². The fourth-order valence-corrected chi connectivity index (χ4v) is 4.78. The molecular weight excluding hydrogens is 426 g/mol. The lowest BCUT2D eigenvalue weighted by Gasteiger charge is -2.35. The van der Waals surface area contributed by atoms with Gasteiger partial charge < -0.3 is 14.4 Å². The number of amides is 1. The van der Waals surface area contributed by atoms with Crippen LogP contribution in [0.3, 0.4) is 0 Å². The number of esters is 1. The number of nitrogens with zero attached hydrogens (tertiary/aromatic N) is 3. The van der Waals surface area contributed by atoms with E-state index in [9.17, 15) is 9.59 Å². The van der Waals surface area contributed by atoms with Crippen LogP contribution in [0.15, 0.2) is 30.3 Å². The summed E-state index contributed by atoms with van der Waals surface area (Å²) in [5.74, 6) is -0.726. The molecule has 0 spiro atoms. The highest BCUT2D eigenvalue weighted by Gasteiger charge is 2.27. The third-order valence-corrected chi connectivity index (χ3v) is 6.26. The Kier molecular flexibility index (Phi) is 5.81. The summed E-state index contributed by atoms with van der Waals surface area (Å²) in [4.78, 5) is 28.0. The lowest BCUT2D eigenvalue weighted by molar-refractivity contribution is -0.146. The molecule has 0 N–H and O–H groups in total. The minimum atomic E-state index is -0.513. The smallest absolute Gasteiger partial charge is 0.348 e. The number of carbonyl (C=O) groups is 2. The van der Waals surface area contributed by atoms with Crippen molar-refractivity contribution in [1.29, 1.82) is 0 Å². The third kappa shape index (κ3) is 4.21. The number of hydrogen-bond acceptors (Lipinski definition) is 6. The quantitative estimate of drug-likeness (QED) is 0.568. The van der Waals surface area contributed by atoms with Gasteiger partial charge in [0.05, 0.1) is 23.6 Å². The number of morpholine rings is 1. The van der Waals surface area contributed by atoms with Crippen LogP contribution in [0.4, 0.5) is 0 Å². The summed E-state index contributed by atoms with van der Waals surface area (Å²) in [5, 5.41) is 6.08. The first kappa shape index (κ1) is 20.8. The van der Waals surface area contributed by atoms with Crippen molar-refractivity contribution >= 4 is 45.0 Å². The highest BCUT2D eigenvalue weighted by atomic mass is 35.5. The Morgan fingerprint density at radius 2 is 1.90 bits per heavy atom. The van der Waals surface area contributed by atoms with Gasteiger partial charge in [0.1, 0.15) is 9.71 Å². The van der Waals surface area contributed by atoms with Gasteiger partial charge in [-0.15, -0.1) is 11.3 Å². The molecule has 3 aromatic rings. The molecule has 1 aliphatic heterocycles. The van der Waals surface area contributed by atoms with Crippen molar-refractivity contribution in [3.63, 3.8) is 0 Å². The monoisotopic (exact) mass is 447 g/mol. The number of halogens is 1. The van der Waals surface area contributed by atoms with Crippen molar-refractivity contribution < 1.29 is 19.1 Å². The molecule has 1 fully saturated rings. The van der Waals surface area contributed by atoms with Crippen LogP contribution in [0.5, 0.6) is 0 Å². The van der Waals surface area contributed by atoms with Gasteiger partial charge in [-0.2, -0.15) is 5.10 Å². The van der Waals surface area contributed by atoms with Crippen LogP contribution in [-0.4, -0.2) is 58.5 Å². The van der Waals surface area contributed by atoms with Crippen LogP contribution in [0.2, 0.25) is 5.02 Å². The van der Waals surface area contributed by atoms with E-state index in [1.54, 1.807) is 27.8 Å². The van der Waals surface area contributed by atoms with Gasteiger partial charge in [-0.1, -0.05) is 11.6 Å². The second-order valence-corrected chi connectivity index (χ2v) is 8.90. The summed E-state index contributed by atoms with van der Waals surface area (Å²) in [6, 6.07) is 9.09. The van der Waals surface area contributed by atoms with Crippen LogP contribution in [-0.2, 0) is 14.3 Å². The molecule has 1 amide bonds. The van der Waals surface area contributed by atoms with Crippen LogP contribution < -0.4 is 0 Å². The lowest BCUT2D eigenvalue weighted by Crippen LogP contribution is -2.49. The Morgan fingerprint density at radius 1 is 1.23 bits per heavy atom. The number of hydrogen-bond donors (Lipinski definition) is 0. The van der Waals surface area contributed by atoms with E-state index >= 15 is 0 Å². The minimum absolute atomic E-state index is 0.0326. The molecule has 0 saturated carbocycles. The summed E-state index contributed by atoms with van der Waals surface area (Å²) >= 11 is 7.26. The summed E-state index contributed by atoms with van der Waals surface area (Å²) in [6.07, 6.45) is -0.0652. The summed E-state index contributed by atoms with van der Waals surface area (Å²) in [7, 11) is 0. The molecule has 4 rings (SSSR count). The first-order chi connectivity index (χ1) is 14.3. The van der Waals surface area contributed by atoms with E-state index in [0.29, 0.717) is 23.0 Å². The van der Waals surface area contributed by atoms with Crippen LogP contribution in [0.1, 0.15) is 29.2 Å². The number of rotatable bonds is 4. The van der Waals surface area contributed by atoms with Gasteiger partial charge in [0.15, 0.2) is 6.61 Å². The van der Waals surface area contributed by atoms with Crippen LogP contribution in [0.25, 0.3) is 15.9 Å². The molecule has 7 nitrogen and oxygen atoms in total. The zero-order valence-corrected chi connectivity index (χ0v) is 18.5. The van der Waals surface area contributed by atoms with Gasteiger partial charge in [0.2, 0.25) is 0 Å². The average molecular weight is 448 g/mol. The molecule has 0 aliphatic carbocycles. The number of fused-ring (bicyclic) bond motifs is 1. The lowest BCUT2D eigenvalue weighted by atomic mass is 10.2. The van der Waals surface area contributed by atoms with Crippen molar-refractivity contribution in [2.75, 3.05) is 19.7 Å². The Balaban J connectivity index is 1.48. The molecule has 2 atom stereocenters. The van der Waals surface area contributed by atoms with Gasteiger partial charge in [0, 0.05) is 23.5 Å². The summed E-state index contributed by atoms with van der Waals surface area (Å²) in [5.41, 5.74) is 1.66. The molecular formula is C21H22ClN3O4S. The van der Waals surface area contributed by atoms with E-state index in [4.69, 9.17) is 21.1 Å².